The second-order valence-electron chi connectivity index (χ2n) is 5.84. The standard InChI is InChI=1S/C18H25N3O2.ClH/c1-12(19)9-10-20-18(22)17-11-13(2)21(14(17)3)15-5-7-16(23-4)8-6-15;/h5-8,11-12H,9-10,19H2,1-4H3,(H,20,22);1H. The van der Waals surface area contributed by atoms with Crippen molar-refractivity contribution in [2.75, 3.05) is 13.7 Å². The summed E-state index contributed by atoms with van der Waals surface area (Å²) >= 11 is 0. The van der Waals surface area contributed by atoms with Crippen molar-refractivity contribution in [3.8, 4) is 11.4 Å². The first-order valence-corrected chi connectivity index (χ1v) is 7.81. The van der Waals surface area contributed by atoms with E-state index in [1.165, 1.54) is 0 Å². The maximum Gasteiger partial charge on any atom is 0.253 e. The molecule has 1 atom stereocenters. The minimum atomic E-state index is -0.0569. The third-order valence-corrected chi connectivity index (χ3v) is 3.89. The van der Waals surface area contributed by atoms with Gasteiger partial charge in [0, 0.05) is 29.7 Å². The minimum Gasteiger partial charge on any atom is -0.497 e. The molecule has 2 rings (SSSR count). The summed E-state index contributed by atoms with van der Waals surface area (Å²) < 4.78 is 7.26. The van der Waals surface area contributed by atoms with Gasteiger partial charge in [0.2, 0.25) is 0 Å². The summed E-state index contributed by atoms with van der Waals surface area (Å²) in [4.78, 5) is 12.4. The number of carbonyl (C=O) groups is 1. The lowest BCUT2D eigenvalue weighted by molar-refractivity contribution is 0.0952. The number of nitrogens with two attached hydrogens (primary N) is 1. The summed E-state index contributed by atoms with van der Waals surface area (Å²) in [7, 11) is 1.64. The predicted molar refractivity (Wildman–Crippen MR) is 99.6 cm³/mol. The van der Waals surface area contributed by atoms with Crippen LogP contribution in [0, 0.1) is 13.8 Å². The number of ether oxygens (including phenoxy) is 1. The molecule has 1 unspecified atom stereocenters. The van der Waals surface area contributed by atoms with Gasteiger partial charge in [-0.25, -0.2) is 0 Å². The monoisotopic (exact) mass is 351 g/mol. The molecule has 2 aromatic rings. The van der Waals surface area contributed by atoms with Crippen molar-refractivity contribution < 1.29 is 9.53 Å². The van der Waals surface area contributed by atoms with Crippen LogP contribution < -0.4 is 15.8 Å². The molecule has 132 valence electrons. The van der Waals surface area contributed by atoms with Gasteiger partial charge in [-0.1, -0.05) is 0 Å². The summed E-state index contributed by atoms with van der Waals surface area (Å²) in [6, 6.07) is 9.79. The molecule has 1 aromatic heterocycles. The fourth-order valence-corrected chi connectivity index (χ4v) is 2.63. The van der Waals surface area contributed by atoms with Crippen molar-refractivity contribution in [3.05, 3.63) is 47.3 Å². The lowest BCUT2D eigenvalue weighted by atomic mass is 10.2. The summed E-state index contributed by atoms with van der Waals surface area (Å²) in [6.45, 7) is 6.47. The largest absolute Gasteiger partial charge is 0.497 e. The van der Waals surface area contributed by atoms with Crippen LogP contribution in [0.25, 0.3) is 5.69 Å². The summed E-state index contributed by atoms with van der Waals surface area (Å²) in [5.74, 6) is 0.753. The molecular formula is C18H26ClN3O2. The zero-order chi connectivity index (χ0) is 17.0. The zero-order valence-electron chi connectivity index (χ0n) is 14.6. The molecule has 24 heavy (non-hydrogen) atoms. The molecule has 0 bridgehead atoms. The smallest absolute Gasteiger partial charge is 0.253 e. The quantitative estimate of drug-likeness (QED) is 0.840. The van der Waals surface area contributed by atoms with Gasteiger partial charge in [-0.3, -0.25) is 4.79 Å². The first-order chi connectivity index (χ1) is 10.9. The highest BCUT2D eigenvalue weighted by Crippen LogP contribution is 2.22. The molecule has 0 aliphatic rings. The highest BCUT2D eigenvalue weighted by Gasteiger charge is 2.16. The summed E-state index contributed by atoms with van der Waals surface area (Å²) in [5.41, 5.74) is 9.36. The second-order valence-corrected chi connectivity index (χ2v) is 5.84. The van der Waals surface area contributed by atoms with E-state index in [1.54, 1.807) is 7.11 Å². The van der Waals surface area contributed by atoms with Crippen LogP contribution in [-0.2, 0) is 0 Å². The number of aryl methyl sites for hydroxylation is 1. The Bertz CT molecular complexity index is 678. The van der Waals surface area contributed by atoms with Crippen LogP contribution in [0.1, 0.15) is 35.1 Å². The molecule has 0 saturated carbocycles. The van der Waals surface area contributed by atoms with Crippen LogP contribution in [0.2, 0.25) is 0 Å². The molecule has 1 heterocycles. The van der Waals surface area contributed by atoms with Gasteiger partial charge in [-0.2, -0.15) is 0 Å². The lowest BCUT2D eigenvalue weighted by Crippen LogP contribution is -2.29. The first kappa shape index (κ1) is 20.1. The van der Waals surface area contributed by atoms with E-state index in [9.17, 15) is 4.79 Å². The molecule has 0 fully saturated rings. The lowest BCUT2D eigenvalue weighted by Gasteiger charge is -2.11. The minimum absolute atomic E-state index is 0. The number of benzene rings is 1. The van der Waals surface area contributed by atoms with E-state index in [0.29, 0.717) is 12.1 Å². The Morgan fingerprint density at radius 2 is 1.92 bits per heavy atom. The van der Waals surface area contributed by atoms with Crippen LogP contribution in [0.15, 0.2) is 30.3 Å². The number of nitrogens with zero attached hydrogens (tertiary/aromatic N) is 1. The molecule has 1 aromatic carbocycles. The topological polar surface area (TPSA) is 69.3 Å². The SMILES string of the molecule is COc1ccc(-n2c(C)cc(C(=O)NCCC(C)N)c2C)cc1.Cl. The van der Waals surface area contributed by atoms with E-state index in [4.69, 9.17) is 10.5 Å². The maximum absolute atomic E-state index is 12.4. The molecule has 0 saturated heterocycles. The van der Waals surface area contributed by atoms with E-state index >= 15 is 0 Å². The van der Waals surface area contributed by atoms with Crippen molar-refractivity contribution in [3.63, 3.8) is 0 Å². The Hall–Kier alpha value is -1.98. The van der Waals surface area contributed by atoms with Crippen molar-refractivity contribution in [2.24, 2.45) is 5.73 Å². The summed E-state index contributed by atoms with van der Waals surface area (Å²) in [6.07, 6.45) is 0.767. The van der Waals surface area contributed by atoms with Crippen LogP contribution in [0.3, 0.4) is 0 Å². The number of amides is 1. The number of halogens is 1. The van der Waals surface area contributed by atoms with Crippen molar-refractivity contribution in [1.29, 1.82) is 0 Å². The number of rotatable bonds is 6. The van der Waals surface area contributed by atoms with E-state index in [0.717, 1.165) is 29.2 Å². The number of nitrogens with one attached hydrogen (secondary N) is 1. The van der Waals surface area contributed by atoms with Crippen LogP contribution in [0.5, 0.6) is 5.75 Å². The van der Waals surface area contributed by atoms with Gasteiger partial charge in [0.05, 0.1) is 12.7 Å². The van der Waals surface area contributed by atoms with Crippen molar-refractivity contribution >= 4 is 18.3 Å². The van der Waals surface area contributed by atoms with Gasteiger partial charge in [0.1, 0.15) is 5.75 Å². The van der Waals surface area contributed by atoms with Crippen molar-refractivity contribution in [1.82, 2.24) is 9.88 Å². The van der Waals surface area contributed by atoms with Gasteiger partial charge in [0.25, 0.3) is 5.91 Å². The Morgan fingerprint density at radius 1 is 1.29 bits per heavy atom. The molecule has 3 N–H and O–H groups in total. The molecule has 0 aliphatic heterocycles. The number of carbonyl (C=O) groups excluding carboxylic acids is 1. The zero-order valence-corrected chi connectivity index (χ0v) is 15.4. The Balaban J connectivity index is 0.00000288. The molecule has 6 heteroatoms. The van der Waals surface area contributed by atoms with Gasteiger partial charge in [-0.15, -0.1) is 12.4 Å². The van der Waals surface area contributed by atoms with E-state index in [2.05, 4.69) is 9.88 Å². The van der Waals surface area contributed by atoms with Crippen molar-refractivity contribution in [2.45, 2.75) is 33.2 Å². The van der Waals surface area contributed by atoms with E-state index in [-0.39, 0.29) is 24.4 Å². The Labute approximate surface area is 149 Å². The summed E-state index contributed by atoms with van der Waals surface area (Å²) in [5, 5.41) is 2.93. The number of aromatic nitrogens is 1. The van der Waals surface area contributed by atoms with Gasteiger partial charge in [-0.05, 0) is 57.5 Å². The average Bonchev–Trinajstić information content (AvgIpc) is 2.82. The Kier molecular flexibility index (Phi) is 7.32. The van der Waals surface area contributed by atoms with E-state index in [1.807, 2.05) is 51.1 Å². The molecule has 0 aliphatic carbocycles. The molecule has 5 nitrogen and oxygen atoms in total. The predicted octanol–water partition coefficient (Wildman–Crippen LogP) is 2.99. The third kappa shape index (κ3) is 4.52. The van der Waals surface area contributed by atoms with Gasteiger partial charge in [0.15, 0.2) is 0 Å². The number of methoxy groups -OCH3 is 1. The molecule has 0 spiro atoms. The van der Waals surface area contributed by atoms with Crippen LogP contribution >= 0.6 is 12.4 Å². The van der Waals surface area contributed by atoms with Crippen LogP contribution in [0.4, 0.5) is 0 Å². The molecule has 0 radical (unpaired) electrons. The van der Waals surface area contributed by atoms with E-state index < -0.39 is 0 Å². The average molecular weight is 352 g/mol. The number of hydrogen-bond acceptors (Lipinski definition) is 3. The third-order valence-electron chi connectivity index (χ3n) is 3.89. The Morgan fingerprint density at radius 3 is 2.46 bits per heavy atom. The molecular weight excluding hydrogens is 326 g/mol. The second kappa shape index (κ2) is 8.76. The first-order valence-electron chi connectivity index (χ1n) is 7.81. The highest BCUT2D eigenvalue weighted by molar-refractivity contribution is 5.95. The number of hydrogen-bond donors (Lipinski definition) is 2. The maximum atomic E-state index is 12.4. The highest BCUT2D eigenvalue weighted by atomic mass is 35.5. The van der Waals surface area contributed by atoms with Crippen LogP contribution in [-0.4, -0.2) is 30.2 Å². The molecule has 1 amide bonds. The fraction of sp³-hybridized carbons (Fsp3) is 0.389. The van der Waals surface area contributed by atoms with Gasteiger partial charge >= 0.3 is 0 Å². The fourth-order valence-electron chi connectivity index (χ4n) is 2.63. The normalized spacial score (nSPS) is 11.5. The van der Waals surface area contributed by atoms with Gasteiger partial charge < -0.3 is 20.4 Å².